The van der Waals surface area contributed by atoms with Gasteiger partial charge in [0.1, 0.15) is 0 Å². The standard InChI is InChI=1S/C28H28N2OS2/c1-4-9-25-26(22-16-14-21(15-17-22)20-10-6-5-7-11-20)29-28(33-25)30-27(31)23-12-8-13-24(18-23)32-19(2)3/h5-8,10-19H,4,9H2,1-3H3,(H,29,30,31). The molecule has 3 aromatic carbocycles. The molecular weight excluding hydrogens is 444 g/mol. The van der Waals surface area contributed by atoms with E-state index >= 15 is 0 Å². The number of anilines is 1. The number of thioether (sulfide) groups is 1. The zero-order valence-electron chi connectivity index (χ0n) is 19.2. The Morgan fingerprint density at radius 3 is 2.33 bits per heavy atom. The number of hydrogen-bond acceptors (Lipinski definition) is 4. The van der Waals surface area contributed by atoms with Gasteiger partial charge in [0.05, 0.1) is 5.69 Å². The van der Waals surface area contributed by atoms with Crippen molar-refractivity contribution in [1.82, 2.24) is 4.98 Å². The molecule has 33 heavy (non-hydrogen) atoms. The number of carbonyl (C=O) groups excluding carboxylic acids is 1. The summed E-state index contributed by atoms with van der Waals surface area (Å²) in [6.45, 7) is 6.46. The predicted molar refractivity (Wildman–Crippen MR) is 142 cm³/mol. The molecular formula is C28H28N2OS2. The van der Waals surface area contributed by atoms with E-state index in [0.29, 0.717) is 15.9 Å². The summed E-state index contributed by atoms with van der Waals surface area (Å²) in [5.74, 6) is -0.121. The van der Waals surface area contributed by atoms with E-state index in [-0.39, 0.29) is 5.91 Å². The van der Waals surface area contributed by atoms with Crippen LogP contribution in [0.2, 0.25) is 0 Å². The summed E-state index contributed by atoms with van der Waals surface area (Å²) < 4.78 is 0. The molecule has 0 radical (unpaired) electrons. The fraction of sp³-hybridized carbons (Fsp3) is 0.214. The molecule has 4 rings (SSSR count). The summed E-state index contributed by atoms with van der Waals surface area (Å²) in [6, 6.07) is 26.6. The molecule has 1 N–H and O–H groups in total. The van der Waals surface area contributed by atoms with E-state index < -0.39 is 0 Å². The van der Waals surface area contributed by atoms with Gasteiger partial charge in [-0.25, -0.2) is 4.98 Å². The normalized spacial score (nSPS) is 11.0. The first kappa shape index (κ1) is 23.3. The van der Waals surface area contributed by atoms with Crippen LogP contribution in [0, 0.1) is 0 Å². The zero-order chi connectivity index (χ0) is 23.2. The molecule has 1 amide bonds. The van der Waals surface area contributed by atoms with Crippen molar-refractivity contribution in [2.75, 3.05) is 5.32 Å². The quantitative estimate of drug-likeness (QED) is 0.263. The molecule has 0 saturated heterocycles. The third-order valence-corrected chi connectivity index (χ3v) is 7.16. The van der Waals surface area contributed by atoms with Crippen molar-refractivity contribution in [2.24, 2.45) is 0 Å². The number of benzene rings is 3. The highest BCUT2D eigenvalue weighted by Crippen LogP contribution is 2.34. The smallest absolute Gasteiger partial charge is 0.257 e. The van der Waals surface area contributed by atoms with Crippen molar-refractivity contribution in [1.29, 1.82) is 0 Å². The summed E-state index contributed by atoms with van der Waals surface area (Å²) in [6.07, 6.45) is 1.96. The highest BCUT2D eigenvalue weighted by Gasteiger charge is 2.16. The van der Waals surface area contributed by atoms with Crippen molar-refractivity contribution in [3.05, 3.63) is 89.3 Å². The lowest BCUT2D eigenvalue weighted by Crippen LogP contribution is -2.11. The van der Waals surface area contributed by atoms with Crippen LogP contribution in [0.5, 0.6) is 0 Å². The molecule has 5 heteroatoms. The van der Waals surface area contributed by atoms with Crippen LogP contribution in [0.15, 0.2) is 83.8 Å². The van der Waals surface area contributed by atoms with Gasteiger partial charge in [0, 0.05) is 26.1 Å². The van der Waals surface area contributed by atoms with E-state index in [2.05, 4.69) is 74.6 Å². The number of nitrogens with zero attached hydrogens (tertiary/aromatic N) is 1. The lowest BCUT2D eigenvalue weighted by atomic mass is 10.0. The molecule has 1 aromatic heterocycles. The Bertz CT molecular complexity index is 1210. The van der Waals surface area contributed by atoms with Gasteiger partial charge in [0.15, 0.2) is 5.13 Å². The minimum absolute atomic E-state index is 0.121. The fourth-order valence-electron chi connectivity index (χ4n) is 3.63. The number of carbonyl (C=O) groups is 1. The van der Waals surface area contributed by atoms with Gasteiger partial charge in [-0.15, -0.1) is 23.1 Å². The van der Waals surface area contributed by atoms with Gasteiger partial charge in [-0.2, -0.15) is 0 Å². The van der Waals surface area contributed by atoms with Crippen LogP contribution in [0.25, 0.3) is 22.4 Å². The average Bonchev–Trinajstić information content (AvgIpc) is 3.22. The highest BCUT2D eigenvalue weighted by atomic mass is 32.2. The fourth-order valence-corrected chi connectivity index (χ4v) is 5.61. The van der Waals surface area contributed by atoms with E-state index in [4.69, 9.17) is 4.98 Å². The van der Waals surface area contributed by atoms with Gasteiger partial charge in [-0.3, -0.25) is 10.1 Å². The summed E-state index contributed by atoms with van der Waals surface area (Å²) in [5.41, 5.74) is 5.06. The Kier molecular flexibility index (Phi) is 7.63. The number of amides is 1. The molecule has 0 saturated carbocycles. The van der Waals surface area contributed by atoms with Crippen molar-refractivity contribution in [3.8, 4) is 22.4 Å². The Morgan fingerprint density at radius 2 is 1.64 bits per heavy atom. The highest BCUT2D eigenvalue weighted by molar-refractivity contribution is 7.99. The first-order valence-electron chi connectivity index (χ1n) is 11.3. The van der Waals surface area contributed by atoms with E-state index in [0.717, 1.165) is 29.0 Å². The summed E-state index contributed by atoms with van der Waals surface area (Å²) in [7, 11) is 0. The van der Waals surface area contributed by atoms with Crippen molar-refractivity contribution < 1.29 is 4.79 Å². The molecule has 0 fully saturated rings. The van der Waals surface area contributed by atoms with E-state index in [1.807, 2.05) is 30.3 Å². The molecule has 3 nitrogen and oxygen atoms in total. The second-order valence-corrected chi connectivity index (χ2v) is 10.9. The zero-order valence-corrected chi connectivity index (χ0v) is 20.8. The largest absolute Gasteiger partial charge is 0.298 e. The minimum Gasteiger partial charge on any atom is -0.298 e. The van der Waals surface area contributed by atoms with Crippen LogP contribution < -0.4 is 5.32 Å². The first-order valence-corrected chi connectivity index (χ1v) is 13.0. The van der Waals surface area contributed by atoms with Gasteiger partial charge >= 0.3 is 0 Å². The average molecular weight is 473 g/mol. The summed E-state index contributed by atoms with van der Waals surface area (Å²) in [5, 5.41) is 4.14. The maximum Gasteiger partial charge on any atom is 0.257 e. The minimum atomic E-state index is -0.121. The summed E-state index contributed by atoms with van der Waals surface area (Å²) in [4.78, 5) is 20.0. The number of thiazole rings is 1. The monoisotopic (exact) mass is 472 g/mol. The molecule has 0 aliphatic carbocycles. The predicted octanol–water partition coefficient (Wildman–Crippen LogP) is 8.18. The maximum atomic E-state index is 12.9. The molecule has 0 bridgehead atoms. The molecule has 1 heterocycles. The molecule has 0 unspecified atom stereocenters. The SMILES string of the molecule is CCCc1sc(NC(=O)c2cccc(SC(C)C)c2)nc1-c1ccc(-c2ccccc2)cc1. The van der Waals surface area contributed by atoms with Crippen molar-refractivity contribution >= 4 is 34.1 Å². The van der Waals surface area contributed by atoms with Gasteiger partial charge in [0.25, 0.3) is 5.91 Å². The van der Waals surface area contributed by atoms with Crippen LogP contribution >= 0.6 is 23.1 Å². The number of aromatic nitrogens is 1. The Labute approximate surface area is 204 Å². The van der Waals surface area contributed by atoms with Crippen molar-refractivity contribution in [3.63, 3.8) is 0 Å². The molecule has 168 valence electrons. The number of hydrogen-bond donors (Lipinski definition) is 1. The number of rotatable bonds is 8. The van der Waals surface area contributed by atoms with E-state index in [9.17, 15) is 4.79 Å². The lowest BCUT2D eigenvalue weighted by molar-refractivity contribution is 0.102. The van der Waals surface area contributed by atoms with Gasteiger partial charge < -0.3 is 0 Å². The second kappa shape index (κ2) is 10.8. The Balaban J connectivity index is 1.56. The van der Waals surface area contributed by atoms with Gasteiger partial charge in [-0.1, -0.05) is 87.9 Å². The molecule has 0 spiro atoms. The van der Waals surface area contributed by atoms with Crippen LogP contribution in [0.3, 0.4) is 0 Å². The topological polar surface area (TPSA) is 42.0 Å². The van der Waals surface area contributed by atoms with Crippen LogP contribution in [0.4, 0.5) is 5.13 Å². The van der Waals surface area contributed by atoms with Crippen LogP contribution in [-0.2, 0) is 6.42 Å². The lowest BCUT2D eigenvalue weighted by Gasteiger charge is -2.07. The van der Waals surface area contributed by atoms with E-state index in [1.165, 1.54) is 16.0 Å². The van der Waals surface area contributed by atoms with Crippen molar-refractivity contribution in [2.45, 2.75) is 43.8 Å². The third kappa shape index (κ3) is 5.92. The van der Waals surface area contributed by atoms with Crippen LogP contribution in [-0.4, -0.2) is 16.1 Å². The van der Waals surface area contributed by atoms with Crippen LogP contribution in [0.1, 0.15) is 42.4 Å². The molecule has 4 aromatic rings. The molecule has 0 aliphatic rings. The first-order chi connectivity index (χ1) is 16.0. The van der Waals surface area contributed by atoms with Gasteiger partial charge in [-0.05, 0) is 35.7 Å². The maximum absolute atomic E-state index is 12.9. The van der Waals surface area contributed by atoms with Gasteiger partial charge in [0.2, 0.25) is 0 Å². The number of aryl methyl sites for hydroxylation is 1. The molecule has 0 atom stereocenters. The Hall–Kier alpha value is -2.89. The Morgan fingerprint density at radius 1 is 0.939 bits per heavy atom. The number of nitrogens with one attached hydrogen (secondary N) is 1. The van der Waals surface area contributed by atoms with E-state index in [1.54, 1.807) is 23.1 Å². The molecule has 0 aliphatic heterocycles. The third-order valence-electron chi connectivity index (χ3n) is 5.13. The summed E-state index contributed by atoms with van der Waals surface area (Å²) >= 11 is 3.32. The second-order valence-electron chi connectivity index (χ2n) is 8.13.